The number of nitrogens with zero attached hydrogens (tertiary/aromatic N) is 2. The second-order valence-corrected chi connectivity index (χ2v) is 15.3. The van der Waals surface area contributed by atoms with Crippen LogP contribution in [0, 0.1) is 25.2 Å². The van der Waals surface area contributed by atoms with Crippen LogP contribution in [-0.4, -0.2) is 39.0 Å². The molecule has 0 radical (unpaired) electrons. The van der Waals surface area contributed by atoms with Crippen molar-refractivity contribution >= 4 is 26.8 Å². The van der Waals surface area contributed by atoms with Gasteiger partial charge < -0.3 is 17.3 Å². The molecule has 4 unspecified atom stereocenters. The Bertz CT molecular complexity index is 490. The van der Waals surface area contributed by atoms with E-state index in [1.54, 1.807) is 11.1 Å². The van der Waals surface area contributed by atoms with Crippen molar-refractivity contribution < 1.29 is 17.0 Å². The van der Waals surface area contributed by atoms with Crippen molar-refractivity contribution in [2.24, 2.45) is 17.8 Å². The van der Waals surface area contributed by atoms with E-state index in [1.165, 1.54) is 19.5 Å². The molecule has 2 aliphatic carbocycles. The minimum atomic E-state index is -1.41. The molecule has 0 aromatic heterocycles. The minimum absolute atomic E-state index is 0. The number of allylic oxidation sites excluding steroid dienone is 4. The number of halogens is 2. The molecule has 1 aliphatic heterocycles. The fourth-order valence-corrected chi connectivity index (χ4v) is 10.1. The van der Waals surface area contributed by atoms with E-state index in [0.29, 0.717) is 0 Å². The van der Waals surface area contributed by atoms with Crippen LogP contribution in [0.5, 0.6) is 0 Å². The molecule has 3 aliphatic rings. The van der Waals surface area contributed by atoms with Crippen LogP contribution in [0.15, 0.2) is 23.3 Å². The van der Waals surface area contributed by atoms with Crippen LogP contribution >= 0.6 is 18.6 Å². The summed E-state index contributed by atoms with van der Waals surface area (Å²) >= 11 is -0.556. The maximum absolute atomic E-state index is 4.89. The van der Waals surface area contributed by atoms with Gasteiger partial charge in [-0.05, 0) is 56.7 Å². The Morgan fingerprint density at radius 2 is 1.64 bits per heavy atom. The molecular formula is C19H34Cl2N2SiTi-2. The van der Waals surface area contributed by atoms with Gasteiger partial charge in [-0.3, -0.25) is 0 Å². The van der Waals surface area contributed by atoms with Crippen molar-refractivity contribution in [2.45, 2.75) is 45.8 Å². The van der Waals surface area contributed by atoms with Crippen molar-refractivity contribution in [1.29, 1.82) is 0 Å². The zero-order valence-corrected chi connectivity index (χ0v) is 20.7. The van der Waals surface area contributed by atoms with Gasteiger partial charge in [0.05, 0.1) is 0 Å². The van der Waals surface area contributed by atoms with Gasteiger partial charge in [0.15, 0.2) is 0 Å². The molecular weight excluding hydrogens is 403 g/mol. The van der Waals surface area contributed by atoms with Gasteiger partial charge in [-0.15, -0.1) is 13.1 Å². The summed E-state index contributed by atoms with van der Waals surface area (Å²) in [7, 11) is 8.37. The molecule has 4 atom stereocenters. The van der Waals surface area contributed by atoms with Crippen LogP contribution in [0.3, 0.4) is 0 Å². The first-order valence-corrected chi connectivity index (χ1v) is 16.4. The van der Waals surface area contributed by atoms with Gasteiger partial charge >= 0.3 is 35.6 Å². The Balaban J connectivity index is 0.000000730. The number of piperazine rings is 1. The average Bonchev–Trinajstić information content (AvgIpc) is 2.92. The van der Waals surface area contributed by atoms with Crippen molar-refractivity contribution in [1.82, 2.24) is 4.57 Å². The summed E-state index contributed by atoms with van der Waals surface area (Å²) in [6.07, 6.45) is 6.18. The average molecular weight is 437 g/mol. The van der Waals surface area contributed by atoms with Gasteiger partial charge in [0.1, 0.15) is 8.24 Å². The molecule has 1 heterocycles. The normalized spacial score (nSPS) is 32.4. The third kappa shape index (κ3) is 5.25. The zero-order chi connectivity index (χ0) is 17.9. The second-order valence-electron chi connectivity index (χ2n) is 8.08. The van der Waals surface area contributed by atoms with E-state index >= 15 is 0 Å². The summed E-state index contributed by atoms with van der Waals surface area (Å²) in [5.74, 6) is 2.49. The Morgan fingerprint density at radius 1 is 1.12 bits per heavy atom. The Morgan fingerprint density at radius 3 is 2.20 bits per heavy atom. The van der Waals surface area contributed by atoms with Crippen molar-refractivity contribution in [2.75, 3.05) is 26.2 Å². The van der Waals surface area contributed by atoms with Gasteiger partial charge in [0, 0.05) is 0 Å². The molecule has 0 N–H and O–H groups in total. The predicted octanol–water partition coefficient (Wildman–Crippen LogP) is 6.26. The van der Waals surface area contributed by atoms with E-state index in [1.807, 2.05) is 0 Å². The Labute approximate surface area is 173 Å². The van der Waals surface area contributed by atoms with E-state index in [0.717, 1.165) is 36.4 Å². The van der Waals surface area contributed by atoms with Gasteiger partial charge in [-0.2, -0.15) is 0 Å². The zero-order valence-electron chi connectivity index (χ0n) is 16.6. The van der Waals surface area contributed by atoms with E-state index in [9.17, 15) is 0 Å². The predicted molar refractivity (Wildman–Crippen MR) is 112 cm³/mol. The van der Waals surface area contributed by atoms with Crippen molar-refractivity contribution in [3.63, 3.8) is 0 Å². The monoisotopic (exact) mass is 436 g/mol. The Hall–Kier alpha value is 0.911. The summed E-state index contributed by atoms with van der Waals surface area (Å²) in [5, 5.41) is 4.56. The van der Waals surface area contributed by atoms with Crippen LogP contribution in [-0.2, 0) is 17.0 Å². The van der Waals surface area contributed by atoms with Crippen LogP contribution < -0.4 is 0 Å². The first-order valence-electron chi connectivity index (χ1n) is 9.04. The SMILES string of the molecule is CC1=CC=C(C)C2C1CC(C)C2[Si](C)(C)N1CC[N-]CC1.[CH3-].[Cl][Ti][Cl]. The summed E-state index contributed by atoms with van der Waals surface area (Å²) in [6.45, 7) is 17.0. The summed E-state index contributed by atoms with van der Waals surface area (Å²) < 4.78 is 2.85. The quantitative estimate of drug-likeness (QED) is 0.368. The second kappa shape index (κ2) is 10.5. The first kappa shape index (κ1) is 23.9. The molecule has 144 valence electrons. The molecule has 1 saturated heterocycles. The van der Waals surface area contributed by atoms with E-state index < -0.39 is 25.3 Å². The third-order valence-electron chi connectivity index (χ3n) is 6.47. The molecule has 25 heavy (non-hydrogen) atoms. The third-order valence-corrected chi connectivity index (χ3v) is 11.1. The van der Waals surface area contributed by atoms with Gasteiger partial charge in [0.25, 0.3) is 0 Å². The summed E-state index contributed by atoms with van der Waals surface area (Å²) in [4.78, 5) is 0. The molecule has 1 saturated carbocycles. The van der Waals surface area contributed by atoms with Crippen LogP contribution in [0.4, 0.5) is 0 Å². The molecule has 0 bridgehead atoms. The van der Waals surface area contributed by atoms with Gasteiger partial charge in [-0.1, -0.05) is 43.3 Å². The van der Waals surface area contributed by atoms with Gasteiger partial charge in [0.2, 0.25) is 0 Å². The van der Waals surface area contributed by atoms with Crippen LogP contribution in [0.25, 0.3) is 5.32 Å². The molecule has 0 spiro atoms. The number of hydrogen-bond acceptors (Lipinski definition) is 1. The van der Waals surface area contributed by atoms with Crippen LogP contribution in [0.2, 0.25) is 18.6 Å². The Kier molecular flexibility index (Phi) is 10.0. The fourth-order valence-electron chi connectivity index (χ4n) is 5.39. The number of fused-ring (bicyclic) bond motifs is 1. The number of rotatable bonds is 2. The van der Waals surface area contributed by atoms with E-state index in [2.05, 4.69) is 55.9 Å². The molecule has 0 aromatic rings. The summed E-state index contributed by atoms with van der Waals surface area (Å²) in [6, 6.07) is 0. The molecule has 6 heteroatoms. The van der Waals surface area contributed by atoms with Gasteiger partial charge in [-0.25, -0.2) is 0 Å². The van der Waals surface area contributed by atoms with Crippen molar-refractivity contribution in [3.8, 4) is 0 Å². The summed E-state index contributed by atoms with van der Waals surface area (Å²) in [5.41, 5.74) is 4.17. The standard InChI is InChI=1S/C18H31N2Si.CH3.2ClH.Ti/c1-13-6-7-14(2)17-16(13)12-15(3)18(17)21(4,5)20-10-8-19-9-11-20;;;;/h6-7,15-18H,8-12H2,1-5H3;1H3;2*1H;/q2*-1;;;+2/p-2. The molecule has 2 fully saturated rings. The number of hydrogen-bond donors (Lipinski definition) is 0. The van der Waals surface area contributed by atoms with Crippen LogP contribution in [0.1, 0.15) is 27.2 Å². The fraction of sp³-hybridized carbons (Fsp3) is 0.737. The molecule has 0 amide bonds. The van der Waals surface area contributed by atoms with Crippen molar-refractivity contribution in [3.05, 3.63) is 36.0 Å². The molecule has 3 rings (SSSR count). The first-order chi connectivity index (χ1) is 11.3. The molecule has 2 nitrogen and oxygen atoms in total. The van der Waals surface area contributed by atoms with E-state index in [-0.39, 0.29) is 7.43 Å². The topological polar surface area (TPSA) is 17.3 Å². The van der Waals surface area contributed by atoms with E-state index in [4.69, 9.17) is 18.6 Å². The molecule has 0 aromatic carbocycles. The maximum atomic E-state index is 4.89.